The highest BCUT2D eigenvalue weighted by Gasteiger charge is 2.50. The number of rotatable bonds is 6. The summed E-state index contributed by atoms with van der Waals surface area (Å²) in [5.74, 6) is -0.250. The fourth-order valence-corrected chi connectivity index (χ4v) is 3.24. The Hall–Kier alpha value is -2.95. The van der Waals surface area contributed by atoms with Crippen molar-refractivity contribution in [3.63, 3.8) is 0 Å². The summed E-state index contributed by atoms with van der Waals surface area (Å²) < 4.78 is 14.9. The Morgan fingerprint density at radius 3 is 2.54 bits per heavy atom. The molecule has 1 heterocycles. The zero-order valence-corrected chi connectivity index (χ0v) is 14.4. The maximum Gasteiger partial charge on any atom is 0.230 e. The Kier molecular flexibility index (Phi) is 4.29. The smallest absolute Gasteiger partial charge is 0.230 e. The van der Waals surface area contributed by atoms with Gasteiger partial charge in [-0.3, -0.25) is 4.79 Å². The molecule has 1 saturated carbocycles. The number of para-hydroxylation sites is 1. The van der Waals surface area contributed by atoms with Crippen LogP contribution in [0.1, 0.15) is 24.0 Å². The van der Waals surface area contributed by atoms with E-state index in [-0.39, 0.29) is 11.7 Å². The van der Waals surface area contributed by atoms with Gasteiger partial charge in [0, 0.05) is 12.7 Å². The average Bonchev–Trinajstić information content (AvgIpc) is 3.35. The summed E-state index contributed by atoms with van der Waals surface area (Å²) in [5, 5.41) is 7.40. The van der Waals surface area contributed by atoms with E-state index in [1.807, 2.05) is 47.4 Å². The van der Waals surface area contributed by atoms with Gasteiger partial charge >= 0.3 is 0 Å². The number of benzene rings is 2. The average molecular weight is 349 g/mol. The summed E-state index contributed by atoms with van der Waals surface area (Å²) in [5.41, 5.74) is 2.51. The third kappa shape index (κ3) is 3.25. The van der Waals surface area contributed by atoms with Crippen LogP contribution in [-0.2, 0) is 16.6 Å². The second kappa shape index (κ2) is 6.75. The Morgan fingerprint density at radius 1 is 1.12 bits per heavy atom. The summed E-state index contributed by atoms with van der Waals surface area (Å²) in [6.45, 7) is 0.558. The highest BCUT2D eigenvalue weighted by molar-refractivity contribution is 5.91. The molecule has 5 heteroatoms. The Balaban J connectivity index is 1.34. The van der Waals surface area contributed by atoms with Crippen molar-refractivity contribution in [1.82, 2.24) is 15.1 Å². The minimum absolute atomic E-state index is 0.0274. The minimum atomic E-state index is -0.470. The van der Waals surface area contributed by atoms with Gasteiger partial charge in [0.1, 0.15) is 5.82 Å². The summed E-state index contributed by atoms with van der Waals surface area (Å²) in [6.07, 6.45) is 6.16. The molecule has 1 amide bonds. The van der Waals surface area contributed by atoms with E-state index >= 15 is 0 Å². The largest absolute Gasteiger partial charge is 0.355 e. The van der Waals surface area contributed by atoms with Gasteiger partial charge in [-0.15, -0.1) is 0 Å². The third-order valence-electron chi connectivity index (χ3n) is 4.94. The number of nitrogens with one attached hydrogen (secondary N) is 1. The molecule has 0 radical (unpaired) electrons. The first-order valence-corrected chi connectivity index (χ1v) is 8.81. The lowest BCUT2D eigenvalue weighted by Crippen LogP contribution is -2.35. The first-order valence-electron chi connectivity index (χ1n) is 8.81. The van der Waals surface area contributed by atoms with Gasteiger partial charge in [-0.05, 0) is 54.7 Å². The zero-order valence-electron chi connectivity index (χ0n) is 14.4. The molecule has 1 aliphatic rings. The molecule has 0 unspecified atom stereocenters. The van der Waals surface area contributed by atoms with Crippen molar-refractivity contribution in [2.75, 3.05) is 6.54 Å². The lowest BCUT2D eigenvalue weighted by molar-refractivity contribution is -0.123. The number of aromatic nitrogens is 2. The predicted octanol–water partition coefficient (Wildman–Crippen LogP) is 3.40. The van der Waals surface area contributed by atoms with Crippen molar-refractivity contribution >= 4 is 5.91 Å². The van der Waals surface area contributed by atoms with Crippen LogP contribution >= 0.6 is 0 Å². The molecule has 0 bridgehead atoms. The van der Waals surface area contributed by atoms with Crippen molar-refractivity contribution in [1.29, 1.82) is 0 Å². The summed E-state index contributed by atoms with van der Waals surface area (Å²) in [4.78, 5) is 12.6. The molecule has 1 N–H and O–H groups in total. The quantitative estimate of drug-likeness (QED) is 0.741. The molecule has 3 aromatic rings. The van der Waals surface area contributed by atoms with Crippen LogP contribution in [0.2, 0.25) is 0 Å². The van der Waals surface area contributed by atoms with E-state index in [4.69, 9.17) is 0 Å². The molecule has 2 aromatic carbocycles. The lowest BCUT2D eigenvalue weighted by Gasteiger charge is -2.15. The summed E-state index contributed by atoms with van der Waals surface area (Å²) in [6, 6.07) is 16.2. The number of hydrogen-bond donors (Lipinski definition) is 1. The van der Waals surface area contributed by atoms with Gasteiger partial charge in [0.05, 0.1) is 17.3 Å². The van der Waals surface area contributed by atoms with Crippen LogP contribution in [0.3, 0.4) is 0 Å². The van der Waals surface area contributed by atoms with Crippen LogP contribution in [-0.4, -0.2) is 22.2 Å². The lowest BCUT2D eigenvalue weighted by atomic mass is 9.95. The van der Waals surface area contributed by atoms with E-state index in [0.717, 1.165) is 36.1 Å². The van der Waals surface area contributed by atoms with Gasteiger partial charge < -0.3 is 5.32 Å². The van der Waals surface area contributed by atoms with Crippen LogP contribution in [0.15, 0.2) is 67.0 Å². The topological polar surface area (TPSA) is 46.9 Å². The van der Waals surface area contributed by atoms with Crippen LogP contribution in [0.25, 0.3) is 5.69 Å². The first kappa shape index (κ1) is 16.5. The molecular weight excluding hydrogens is 329 g/mol. The third-order valence-corrected chi connectivity index (χ3v) is 4.94. The number of hydrogen-bond acceptors (Lipinski definition) is 2. The van der Waals surface area contributed by atoms with Crippen molar-refractivity contribution in [3.05, 3.63) is 83.9 Å². The molecule has 1 aliphatic carbocycles. The van der Waals surface area contributed by atoms with Crippen LogP contribution in [0.5, 0.6) is 0 Å². The van der Waals surface area contributed by atoms with E-state index in [1.165, 1.54) is 12.1 Å². The molecular formula is C21H20FN3O. The first-order chi connectivity index (χ1) is 12.7. The minimum Gasteiger partial charge on any atom is -0.355 e. The number of carbonyl (C=O) groups excluding carboxylic acids is 1. The van der Waals surface area contributed by atoms with Gasteiger partial charge in [0.2, 0.25) is 5.91 Å². The van der Waals surface area contributed by atoms with E-state index in [2.05, 4.69) is 10.4 Å². The highest BCUT2D eigenvalue weighted by atomic mass is 19.1. The molecule has 132 valence electrons. The van der Waals surface area contributed by atoms with Crippen molar-refractivity contribution in [3.8, 4) is 5.69 Å². The second-order valence-electron chi connectivity index (χ2n) is 6.72. The van der Waals surface area contributed by atoms with Crippen molar-refractivity contribution in [2.45, 2.75) is 24.7 Å². The van der Waals surface area contributed by atoms with Crippen LogP contribution in [0.4, 0.5) is 4.39 Å². The molecule has 0 spiro atoms. The van der Waals surface area contributed by atoms with Crippen LogP contribution < -0.4 is 5.32 Å². The molecule has 4 nitrogen and oxygen atoms in total. The fourth-order valence-electron chi connectivity index (χ4n) is 3.24. The van der Waals surface area contributed by atoms with Crippen molar-refractivity contribution < 1.29 is 9.18 Å². The van der Waals surface area contributed by atoms with Gasteiger partial charge in [-0.2, -0.15) is 5.10 Å². The SMILES string of the molecule is O=C(NCCc1cnn(-c2ccccc2)c1)C1(c2ccc(F)cc2)CC1. The van der Waals surface area contributed by atoms with E-state index < -0.39 is 5.41 Å². The zero-order chi connectivity index (χ0) is 18.0. The fraction of sp³-hybridized carbons (Fsp3) is 0.238. The van der Waals surface area contributed by atoms with E-state index in [1.54, 1.807) is 12.1 Å². The van der Waals surface area contributed by atoms with Gasteiger partial charge in [-0.1, -0.05) is 30.3 Å². The normalized spacial score (nSPS) is 14.8. The van der Waals surface area contributed by atoms with Crippen molar-refractivity contribution in [2.24, 2.45) is 0 Å². The number of amides is 1. The number of nitrogens with zero attached hydrogens (tertiary/aromatic N) is 2. The number of halogens is 1. The summed E-state index contributed by atoms with van der Waals surface area (Å²) in [7, 11) is 0. The molecule has 0 saturated heterocycles. The Labute approximate surface area is 151 Å². The monoisotopic (exact) mass is 349 g/mol. The second-order valence-corrected chi connectivity index (χ2v) is 6.72. The molecule has 0 atom stereocenters. The van der Waals surface area contributed by atoms with Crippen LogP contribution in [0, 0.1) is 5.82 Å². The standard InChI is InChI=1S/C21H20FN3O/c22-18-8-6-17(7-9-18)21(11-12-21)20(26)23-13-10-16-14-24-25(15-16)19-4-2-1-3-5-19/h1-9,14-15H,10-13H2,(H,23,26). The maximum absolute atomic E-state index is 13.1. The molecule has 0 aliphatic heterocycles. The molecule has 4 rings (SSSR count). The van der Waals surface area contributed by atoms with E-state index in [9.17, 15) is 9.18 Å². The predicted molar refractivity (Wildman–Crippen MR) is 97.6 cm³/mol. The van der Waals surface area contributed by atoms with Gasteiger partial charge in [0.25, 0.3) is 0 Å². The molecule has 26 heavy (non-hydrogen) atoms. The van der Waals surface area contributed by atoms with Gasteiger partial charge in [0.15, 0.2) is 0 Å². The highest BCUT2D eigenvalue weighted by Crippen LogP contribution is 2.48. The summed E-state index contributed by atoms with van der Waals surface area (Å²) >= 11 is 0. The maximum atomic E-state index is 13.1. The van der Waals surface area contributed by atoms with Gasteiger partial charge in [-0.25, -0.2) is 9.07 Å². The number of carbonyl (C=O) groups is 1. The Morgan fingerprint density at radius 2 is 1.85 bits per heavy atom. The Bertz CT molecular complexity index is 899. The molecule has 1 aromatic heterocycles. The van der Waals surface area contributed by atoms with E-state index in [0.29, 0.717) is 6.54 Å². The molecule has 1 fully saturated rings.